The van der Waals surface area contributed by atoms with E-state index in [0.29, 0.717) is 11.1 Å². The summed E-state index contributed by atoms with van der Waals surface area (Å²) >= 11 is 0. The first-order chi connectivity index (χ1) is 10.3. The second-order valence-electron chi connectivity index (χ2n) is 4.68. The number of rotatable bonds is 3. The fourth-order valence-electron chi connectivity index (χ4n) is 2.27. The Balaban J connectivity index is 1.91. The van der Waals surface area contributed by atoms with Gasteiger partial charge in [0, 0.05) is 10.9 Å². The van der Waals surface area contributed by atoms with Gasteiger partial charge in [0.2, 0.25) is 0 Å². The van der Waals surface area contributed by atoms with Crippen LogP contribution in [0.4, 0.5) is 4.39 Å². The number of benzene rings is 3. The number of halogens is 1. The summed E-state index contributed by atoms with van der Waals surface area (Å²) in [4.78, 5) is 0. The molecule has 0 spiro atoms. The molecule has 0 saturated heterocycles. The first-order valence-electron chi connectivity index (χ1n) is 6.57. The summed E-state index contributed by atoms with van der Waals surface area (Å²) in [6, 6.07) is 19.8. The molecule has 0 saturated carbocycles. The second kappa shape index (κ2) is 5.64. The molecule has 0 aliphatic heterocycles. The van der Waals surface area contributed by atoms with Crippen molar-refractivity contribution >= 4 is 10.8 Å². The first-order valence-corrected chi connectivity index (χ1v) is 6.57. The Morgan fingerprint density at radius 2 is 1.81 bits per heavy atom. The zero-order chi connectivity index (χ0) is 14.7. The highest BCUT2D eigenvalue weighted by Gasteiger charge is 2.06. The largest absolute Gasteiger partial charge is 0.488 e. The third-order valence-corrected chi connectivity index (χ3v) is 3.32. The van der Waals surface area contributed by atoms with E-state index in [4.69, 9.17) is 10.00 Å². The van der Waals surface area contributed by atoms with Gasteiger partial charge in [-0.15, -0.1) is 0 Å². The van der Waals surface area contributed by atoms with Crippen molar-refractivity contribution in [3.05, 3.63) is 77.6 Å². The van der Waals surface area contributed by atoms with E-state index in [1.807, 2.05) is 48.5 Å². The third kappa shape index (κ3) is 2.70. The molecule has 3 heteroatoms. The summed E-state index contributed by atoms with van der Waals surface area (Å²) in [5.41, 5.74) is 0.974. The minimum Gasteiger partial charge on any atom is -0.488 e. The van der Waals surface area contributed by atoms with Gasteiger partial charge in [-0.2, -0.15) is 5.26 Å². The number of ether oxygens (including phenoxy) is 1. The fraction of sp³-hybridized carbons (Fsp3) is 0.0556. The van der Waals surface area contributed by atoms with Gasteiger partial charge in [-0.25, -0.2) is 4.39 Å². The van der Waals surface area contributed by atoms with Crippen molar-refractivity contribution in [1.29, 1.82) is 5.26 Å². The smallest absolute Gasteiger partial charge is 0.127 e. The van der Waals surface area contributed by atoms with Crippen molar-refractivity contribution in [3.63, 3.8) is 0 Å². The number of hydrogen-bond donors (Lipinski definition) is 0. The minimum absolute atomic E-state index is 0.161. The molecule has 3 aromatic carbocycles. The van der Waals surface area contributed by atoms with E-state index in [1.54, 1.807) is 0 Å². The number of hydrogen-bond acceptors (Lipinski definition) is 2. The number of nitriles is 1. The molecular formula is C18H12FNO. The summed E-state index contributed by atoms with van der Waals surface area (Å²) in [6.45, 7) is 0.161. The summed E-state index contributed by atoms with van der Waals surface area (Å²) in [6.07, 6.45) is 0. The highest BCUT2D eigenvalue weighted by atomic mass is 19.1. The molecule has 0 atom stereocenters. The average Bonchev–Trinajstić information content (AvgIpc) is 2.53. The topological polar surface area (TPSA) is 33.0 Å². The highest BCUT2D eigenvalue weighted by Crippen LogP contribution is 2.26. The van der Waals surface area contributed by atoms with Crippen molar-refractivity contribution in [1.82, 2.24) is 0 Å². The minimum atomic E-state index is -0.370. The molecule has 0 aromatic heterocycles. The van der Waals surface area contributed by atoms with E-state index in [2.05, 4.69) is 0 Å². The lowest BCUT2D eigenvalue weighted by molar-refractivity contribution is 0.309. The van der Waals surface area contributed by atoms with Gasteiger partial charge in [0.05, 0.1) is 11.6 Å². The van der Waals surface area contributed by atoms with E-state index in [0.717, 1.165) is 16.5 Å². The van der Waals surface area contributed by atoms with Crippen LogP contribution in [0.25, 0.3) is 10.8 Å². The van der Waals surface area contributed by atoms with Crippen LogP contribution in [-0.2, 0) is 6.61 Å². The van der Waals surface area contributed by atoms with E-state index < -0.39 is 0 Å². The molecule has 0 bridgehead atoms. The van der Waals surface area contributed by atoms with Gasteiger partial charge < -0.3 is 4.74 Å². The molecule has 0 aliphatic carbocycles. The summed E-state index contributed by atoms with van der Waals surface area (Å²) in [7, 11) is 0. The quantitative estimate of drug-likeness (QED) is 0.709. The van der Waals surface area contributed by atoms with Crippen LogP contribution in [0, 0.1) is 17.1 Å². The molecule has 0 fully saturated rings. The maximum absolute atomic E-state index is 13.3. The van der Waals surface area contributed by atoms with Crippen molar-refractivity contribution < 1.29 is 9.13 Å². The molecule has 0 heterocycles. The molecule has 0 amide bonds. The lowest BCUT2D eigenvalue weighted by Crippen LogP contribution is -1.99. The maximum atomic E-state index is 13.3. The van der Waals surface area contributed by atoms with E-state index in [1.165, 1.54) is 18.2 Å². The van der Waals surface area contributed by atoms with Crippen molar-refractivity contribution in [2.45, 2.75) is 6.61 Å². The van der Waals surface area contributed by atoms with Crippen LogP contribution >= 0.6 is 0 Å². The van der Waals surface area contributed by atoms with Crippen LogP contribution < -0.4 is 4.74 Å². The van der Waals surface area contributed by atoms with Gasteiger partial charge in [-0.3, -0.25) is 0 Å². The van der Waals surface area contributed by atoms with Crippen molar-refractivity contribution in [2.75, 3.05) is 0 Å². The van der Waals surface area contributed by atoms with Gasteiger partial charge in [0.1, 0.15) is 18.2 Å². The molecule has 0 radical (unpaired) electrons. The zero-order valence-electron chi connectivity index (χ0n) is 11.2. The first kappa shape index (κ1) is 13.1. The molecule has 0 aliphatic rings. The molecular weight excluding hydrogens is 265 g/mol. The van der Waals surface area contributed by atoms with Gasteiger partial charge in [0.25, 0.3) is 0 Å². The van der Waals surface area contributed by atoms with E-state index >= 15 is 0 Å². The maximum Gasteiger partial charge on any atom is 0.127 e. The monoisotopic (exact) mass is 277 g/mol. The van der Waals surface area contributed by atoms with Crippen molar-refractivity contribution in [2.24, 2.45) is 0 Å². The van der Waals surface area contributed by atoms with Crippen LogP contribution in [0.3, 0.4) is 0 Å². The number of nitrogens with zero attached hydrogens (tertiary/aromatic N) is 1. The Kier molecular flexibility index (Phi) is 3.53. The predicted molar refractivity (Wildman–Crippen MR) is 79.4 cm³/mol. The molecule has 102 valence electrons. The van der Waals surface area contributed by atoms with Crippen LogP contribution in [0.2, 0.25) is 0 Å². The molecule has 2 nitrogen and oxygen atoms in total. The Bertz CT molecular complexity index is 831. The average molecular weight is 277 g/mol. The zero-order valence-corrected chi connectivity index (χ0v) is 11.2. The van der Waals surface area contributed by atoms with Crippen molar-refractivity contribution in [3.8, 4) is 11.8 Å². The Morgan fingerprint density at radius 1 is 1.00 bits per heavy atom. The third-order valence-electron chi connectivity index (χ3n) is 3.32. The molecule has 3 aromatic rings. The van der Waals surface area contributed by atoms with Gasteiger partial charge in [-0.1, -0.05) is 36.4 Å². The Hall–Kier alpha value is -2.86. The fourth-order valence-corrected chi connectivity index (χ4v) is 2.27. The second-order valence-corrected chi connectivity index (χ2v) is 4.68. The lowest BCUT2D eigenvalue weighted by Gasteiger charge is -2.10. The van der Waals surface area contributed by atoms with Crippen LogP contribution in [-0.4, -0.2) is 0 Å². The van der Waals surface area contributed by atoms with Crippen LogP contribution in [0.15, 0.2) is 60.7 Å². The molecule has 0 unspecified atom stereocenters. The van der Waals surface area contributed by atoms with Gasteiger partial charge >= 0.3 is 0 Å². The Labute approximate surface area is 122 Å². The van der Waals surface area contributed by atoms with E-state index in [9.17, 15) is 4.39 Å². The van der Waals surface area contributed by atoms with Gasteiger partial charge in [0.15, 0.2) is 0 Å². The van der Waals surface area contributed by atoms with Crippen LogP contribution in [0.5, 0.6) is 5.75 Å². The van der Waals surface area contributed by atoms with Gasteiger partial charge in [-0.05, 0) is 29.7 Å². The SMILES string of the molecule is N#Cc1ccc(F)cc1COc1cccc2ccccc12. The van der Waals surface area contributed by atoms with Crippen LogP contribution in [0.1, 0.15) is 11.1 Å². The predicted octanol–water partition coefficient (Wildman–Crippen LogP) is 4.43. The summed E-state index contributed by atoms with van der Waals surface area (Å²) < 4.78 is 19.1. The Morgan fingerprint density at radius 3 is 2.67 bits per heavy atom. The standard InChI is InChI=1S/C18H12FNO/c19-16-9-8-14(11-20)15(10-16)12-21-18-7-3-5-13-4-1-2-6-17(13)18/h1-10H,12H2. The number of fused-ring (bicyclic) bond motifs is 1. The lowest BCUT2D eigenvalue weighted by atomic mass is 10.1. The van der Waals surface area contributed by atoms with E-state index in [-0.39, 0.29) is 12.4 Å². The summed E-state index contributed by atoms with van der Waals surface area (Å²) in [5, 5.41) is 11.1. The normalized spacial score (nSPS) is 10.3. The molecule has 3 rings (SSSR count). The highest BCUT2D eigenvalue weighted by molar-refractivity contribution is 5.88. The summed E-state index contributed by atoms with van der Waals surface area (Å²) in [5.74, 6) is 0.353. The molecule has 21 heavy (non-hydrogen) atoms. The molecule has 0 N–H and O–H groups in total.